The van der Waals surface area contributed by atoms with Gasteiger partial charge < -0.3 is 24.5 Å². The number of fused-ring (bicyclic) bond motifs is 1. The van der Waals surface area contributed by atoms with Crippen LogP contribution in [-0.2, 0) is 22.6 Å². The molecular formula is C23H28N4O5. The highest BCUT2D eigenvalue weighted by atomic mass is 16.4. The molecule has 9 nitrogen and oxygen atoms in total. The largest absolute Gasteiger partial charge is 0.478 e. The SMILES string of the molecule is Cc1ccc(Cn2c(CC3CCCNCC3)nc3cccnc32)o1.O=C(O)C=CC(=O)O. The Bertz CT molecular complexity index is 1060. The number of rotatable bonds is 6. The van der Waals surface area contributed by atoms with E-state index in [1.54, 1.807) is 0 Å². The van der Waals surface area contributed by atoms with E-state index in [0.29, 0.717) is 24.6 Å². The second-order valence-electron chi connectivity index (χ2n) is 7.73. The van der Waals surface area contributed by atoms with Gasteiger partial charge in [-0.3, -0.25) is 0 Å². The molecule has 0 aromatic carbocycles. The summed E-state index contributed by atoms with van der Waals surface area (Å²) in [6.45, 7) is 4.93. The van der Waals surface area contributed by atoms with Crippen LogP contribution in [0.25, 0.3) is 11.2 Å². The zero-order valence-corrected chi connectivity index (χ0v) is 18.0. The molecule has 0 radical (unpaired) electrons. The summed E-state index contributed by atoms with van der Waals surface area (Å²) in [5.74, 6) is 1.21. The lowest BCUT2D eigenvalue weighted by Gasteiger charge is -2.14. The van der Waals surface area contributed by atoms with Crippen molar-refractivity contribution in [3.05, 3.63) is 60.0 Å². The van der Waals surface area contributed by atoms with Crippen molar-refractivity contribution in [3.8, 4) is 0 Å². The minimum atomic E-state index is -1.26. The fourth-order valence-corrected chi connectivity index (χ4v) is 3.75. The summed E-state index contributed by atoms with van der Waals surface area (Å²) < 4.78 is 8.01. The number of hydrogen-bond donors (Lipinski definition) is 3. The van der Waals surface area contributed by atoms with Gasteiger partial charge in [0.15, 0.2) is 5.65 Å². The monoisotopic (exact) mass is 440 g/mol. The lowest BCUT2D eigenvalue weighted by atomic mass is 9.96. The number of nitrogens with zero attached hydrogens (tertiary/aromatic N) is 3. The molecule has 0 bridgehead atoms. The fourth-order valence-electron chi connectivity index (χ4n) is 3.75. The maximum atomic E-state index is 9.55. The second-order valence-corrected chi connectivity index (χ2v) is 7.73. The summed E-state index contributed by atoms with van der Waals surface area (Å²) in [6, 6.07) is 8.06. The van der Waals surface area contributed by atoms with E-state index < -0.39 is 11.9 Å². The van der Waals surface area contributed by atoms with Crippen LogP contribution in [0, 0.1) is 12.8 Å². The number of nitrogens with one attached hydrogen (secondary N) is 1. The molecule has 0 aliphatic carbocycles. The lowest BCUT2D eigenvalue weighted by molar-refractivity contribution is -0.134. The van der Waals surface area contributed by atoms with Gasteiger partial charge >= 0.3 is 11.9 Å². The minimum Gasteiger partial charge on any atom is -0.478 e. The van der Waals surface area contributed by atoms with Gasteiger partial charge in [-0.1, -0.05) is 0 Å². The van der Waals surface area contributed by atoms with Crippen LogP contribution >= 0.6 is 0 Å². The van der Waals surface area contributed by atoms with Crippen LogP contribution < -0.4 is 5.32 Å². The molecule has 9 heteroatoms. The highest BCUT2D eigenvalue weighted by Crippen LogP contribution is 2.23. The van der Waals surface area contributed by atoms with Gasteiger partial charge in [-0.05, 0) is 69.5 Å². The Morgan fingerprint density at radius 2 is 1.97 bits per heavy atom. The second kappa shape index (κ2) is 11.2. The van der Waals surface area contributed by atoms with Crippen molar-refractivity contribution in [2.75, 3.05) is 13.1 Å². The number of carbonyl (C=O) groups is 2. The van der Waals surface area contributed by atoms with Crippen molar-refractivity contribution < 1.29 is 24.2 Å². The zero-order chi connectivity index (χ0) is 22.9. The van der Waals surface area contributed by atoms with Gasteiger partial charge in [0, 0.05) is 24.8 Å². The maximum absolute atomic E-state index is 9.55. The summed E-state index contributed by atoms with van der Waals surface area (Å²) in [4.78, 5) is 28.5. The van der Waals surface area contributed by atoms with E-state index in [2.05, 4.69) is 14.9 Å². The van der Waals surface area contributed by atoms with E-state index >= 15 is 0 Å². The van der Waals surface area contributed by atoms with Crippen LogP contribution in [0.2, 0.25) is 0 Å². The van der Waals surface area contributed by atoms with E-state index in [-0.39, 0.29) is 0 Å². The Hall–Kier alpha value is -3.46. The number of aromatic nitrogens is 3. The Morgan fingerprint density at radius 3 is 2.66 bits per heavy atom. The molecule has 32 heavy (non-hydrogen) atoms. The van der Waals surface area contributed by atoms with Crippen LogP contribution in [0.1, 0.15) is 36.6 Å². The molecule has 1 aliphatic rings. The molecule has 170 valence electrons. The molecule has 3 aromatic heterocycles. The fraction of sp³-hybridized carbons (Fsp3) is 0.391. The molecule has 3 N–H and O–H groups in total. The summed E-state index contributed by atoms with van der Waals surface area (Å²) in [5.41, 5.74) is 1.93. The van der Waals surface area contributed by atoms with Crippen molar-refractivity contribution in [1.29, 1.82) is 0 Å². The van der Waals surface area contributed by atoms with Crippen LogP contribution in [0.3, 0.4) is 0 Å². The topological polar surface area (TPSA) is 130 Å². The van der Waals surface area contributed by atoms with Crippen LogP contribution in [0.15, 0.2) is 47.0 Å². The molecule has 1 aliphatic heterocycles. The molecule has 4 heterocycles. The molecule has 1 fully saturated rings. The number of pyridine rings is 1. The molecule has 1 atom stereocenters. The van der Waals surface area contributed by atoms with E-state index in [0.717, 1.165) is 48.0 Å². The number of furan rings is 1. The summed E-state index contributed by atoms with van der Waals surface area (Å²) >= 11 is 0. The Labute approximate surface area is 185 Å². The van der Waals surface area contributed by atoms with Crippen molar-refractivity contribution >= 4 is 23.1 Å². The lowest BCUT2D eigenvalue weighted by Crippen LogP contribution is -2.15. The quantitative estimate of drug-likeness (QED) is 0.499. The third-order valence-corrected chi connectivity index (χ3v) is 5.23. The van der Waals surface area contributed by atoms with Crippen molar-refractivity contribution in [1.82, 2.24) is 19.9 Å². The molecule has 0 spiro atoms. The molecule has 1 saturated heterocycles. The Kier molecular flexibility index (Phi) is 8.15. The molecule has 4 rings (SSSR count). The van der Waals surface area contributed by atoms with Gasteiger partial charge in [0.05, 0.1) is 6.54 Å². The predicted molar refractivity (Wildman–Crippen MR) is 118 cm³/mol. The highest BCUT2D eigenvalue weighted by Gasteiger charge is 2.19. The number of imidazole rings is 1. The van der Waals surface area contributed by atoms with E-state index in [9.17, 15) is 9.59 Å². The summed E-state index contributed by atoms with van der Waals surface area (Å²) in [5, 5.41) is 19.1. The minimum absolute atomic E-state index is 0.558. The predicted octanol–water partition coefficient (Wildman–Crippen LogP) is 3.03. The molecule has 1 unspecified atom stereocenters. The third kappa shape index (κ3) is 6.78. The number of carboxylic acids is 2. The van der Waals surface area contributed by atoms with Crippen LogP contribution in [0.4, 0.5) is 0 Å². The number of aliphatic carboxylic acids is 2. The standard InChI is InChI=1S/C19H24N4O.C4H4O4/c1-14-6-7-16(24-14)13-23-18(12-15-4-2-9-20-11-8-15)22-17-5-3-10-21-19(17)23;5-3(6)1-2-4(7)8/h3,5-7,10,15,20H,2,4,8-9,11-13H2,1H3;1-2H,(H,5,6)(H,7,8). The normalized spacial score (nSPS) is 16.5. The van der Waals surface area contributed by atoms with E-state index in [1.165, 1.54) is 19.3 Å². The van der Waals surface area contributed by atoms with Crippen molar-refractivity contribution in [3.63, 3.8) is 0 Å². The van der Waals surface area contributed by atoms with Crippen LogP contribution in [-0.4, -0.2) is 49.8 Å². The van der Waals surface area contributed by atoms with Gasteiger partial charge in [0.25, 0.3) is 0 Å². The first-order chi connectivity index (χ1) is 15.4. The summed E-state index contributed by atoms with van der Waals surface area (Å²) in [6.07, 6.45) is 7.70. The van der Waals surface area contributed by atoms with E-state index in [4.69, 9.17) is 19.6 Å². The van der Waals surface area contributed by atoms with Gasteiger partial charge in [-0.15, -0.1) is 0 Å². The highest BCUT2D eigenvalue weighted by molar-refractivity contribution is 5.89. The Morgan fingerprint density at radius 1 is 1.19 bits per heavy atom. The van der Waals surface area contributed by atoms with Crippen molar-refractivity contribution in [2.45, 2.75) is 39.2 Å². The van der Waals surface area contributed by atoms with Gasteiger partial charge in [0.2, 0.25) is 0 Å². The average Bonchev–Trinajstić information content (AvgIpc) is 3.21. The van der Waals surface area contributed by atoms with Gasteiger partial charge in [-0.2, -0.15) is 0 Å². The van der Waals surface area contributed by atoms with Gasteiger partial charge in [-0.25, -0.2) is 19.6 Å². The zero-order valence-electron chi connectivity index (χ0n) is 18.0. The first-order valence-electron chi connectivity index (χ1n) is 10.6. The summed E-state index contributed by atoms with van der Waals surface area (Å²) in [7, 11) is 0. The number of hydrogen-bond acceptors (Lipinski definition) is 6. The van der Waals surface area contributed by atoms with Gasteiger partial charge in [0.1, 0.15) is 22.9 Å². The molecular weight excluding hydrogens is 412 g/mol. The average molecular weight is 441 g/mol. The van der Waals surface area contributed by atoms with Crippen LogP contribution in [0.5, 0.6) is 0 Å². The smallest absolute Gasteiger partial charge is 0.328 e. The number of carboxylic acid groups (broad SMARTS) is 2. The molecule has 3 aromatic rings. The number of aryl methyl sites for hydroxylation is 1. The third-order valence-electron chi connectivity index (χ3n) is 5.23. The Balaban J connectivity index is 0.000000312. The first kappa shape index (κ1) is 23.2. The molecule has 0 saturated carbocycles. The molecule has 0 amide bonds. The van der Waals surface area contributed by atoms with E-state index in [1.807, 2.05) is 37.4 Å². The first-order valence-corrected chi connectivity index (χ1v) is 10.6. The van der Waals surface area contributed by atoms with Crippen molar-refractivity contribution in [2.24, 2.45) is 5.92 Å². The maximum Gasteiger partial charge on any atom is 0.328 e.